The zero-order valence-electron chi connectivity index (χ0n) is 15.0. The van der Waals surface area contributed by atoms with Crippen LogP contribution in [-0.4, -0.2) is 18.5 Å². The topological polar surface area (TPSA) is 79.2 Å². The molecule has 132 valence electrons. The molecule has 0 aliphatic heterocycles. The minimum Gasteiger partial charge on any atom is -0.451 e. The summed E-state index contributed by atoms with van der Waals surface area (Å²) in [5, 5.41) is 11.9. The molecule has 0 unspecified atom stereocenters. The number of hydrogen-bond acceptors (Lipinski definition) is 4. The van der Waals surface area contributed by atoms with Crippen LogP contribution < -0.4 is 5.32 Å². The molecule has 0 saturated heterocycles. The van der Waals surface area contributed by atoms with Crippen LogP contribution in [0.1, 0.15) is 22.3 Å². The summed E-state index contributed by atoms with van der Waals surface area (Å²) >= 11 is 0. The lowest BCUT2D eigenvalue weighted by Crippen LogP contribution is -2.22. The van der Waals surface area contributed by atoms with Gasteiger partial charge in [-0.3, -0.25) is 4.79 Å². The number of rotatable bonds is 5. The number of ether oxygens (including phenoxy) is 1. The van der Waals surface area contributed by atoms with Gasteiger partial charge >= 0.3 is 5.97 Å². The Balaban J connectivity index is 2.00. The van der Waals surface area contributed by atoms with Crippen molar-refractivity contribution in [2.24, 2.45) is 0 Å². The number of hydrogen-bond donors (Lipinski definition) is 1. The van der Waals surface area contributed by atoms with Crippen LogP contribution in [0.5, 0.6) is 0 Å². The Kier molecular flexibility index (Phi) is 6.29. The lowest BCUT2D eigenvalue weighted by molar-refractivity contribution is -0.142. The minimum absolute atomic E-state index is 0.160. The molecule has 0 fully saturated rings. The highest BCUT2D eigenvalue weighted by molar-refractivity contribution is 6.00. The lowest BCUT2D eigenvalue weighted by Gasteiger charge is -2.13. The molecular formula is C21H20N2O3. The third kappa shape index (κ3) is 5.05. The van der Waals surface area contributed by atoms with Gasteiger partial charge in [0.2, 0.25) is 0 Å². The Morgan fingerprint density at radius 1 is 1.12 bits per heavy atom. The Bertz CT molecular complexity index is 870. The summed E-state index contributed by atoms with van der Waals surface area (Å²) in [5.41, 5.74) is 4.22. The highest BCUT2D eigenvalue weighted by atomic mass is 16.5. The van der Waals surface area contributed by atoms with Crippen molar-refractivity contribution in [1.82, 2.24) is 0 Å². The monoisotopic (exact) mass is 348 g/mol. The van der Waals surface area contributed by atoms with Gasteiger partial charge in [0.05, 0.1) is 0 Å². The van der Waals surface area contributed by atoms with E-state index in [0.29, 0.717) is 11.3 Å². The van der Waals surface area contributed by atoms with Gasteiger partial charge in [-0.2, -0.15) is 5.26 Å². The van der Waals surface area contributed by atoms with Gasteiger partial charge in [-0.05, 0) is 43.5 Å². The summed E-state index contributed by atoms with van der Waals surface area (Å²) < 4.78 is 4.96. The average molecular weight is 348 g/mol. The summed E-state index contributed by atoms with van der Waals surface area (Å²) in [6, 6.07) is 14.7. The fraction of sp³-hybridized carbons (Fsp3) is 0.190. The van der Waals surface area contributed by atoms with Crippen LogP contribution in [0, 0.1) is 32.1 Å². The molecule has 0 saturated carbocycles. The van der Waals surface area contributed by atoms with E-state index < -0.39 is 18.5 Å². The number of nitrogens with one attached hydrogen (secondary N) is 1. The van der Waals surface area contributed by atoms with Gasteiger partial charge in [-0.15, -0.1) is 0 Å². The Labute approximate surface area is 152 Å². The molecule has 0 spiro atoms. The predicted octanol–water partition coefficient (Wildman–Crippen LogP) is 3.70. The van der Waals surface area contributed by atoms with Gasteiger partial charge in [0, 0.05) is 5.69 Å². The van der Waals surface area contributed by atoms with Crippen LogP contribution in [0.3, 0.4) is 0 Å². The Hall–Kier alpha value is -3.39. The van der Waals surface area contributed by atoms with Crippen LogP contribution in [0.4, 0.5) is 5.69 Å². The van der Waals surface area contributed by atoms with Gasteiger partial charge in [0.25, 0.3) is 5.91 Å². The van der Waals surface area contributed by atoms with Gasteiger partial charge in [0.15, 0.2) is 6.61 Å². The second-order valence-corrected chi connectivity index (χ2v) is 5.98. The third-order valence-corrected chi connectivity index (χ3v) is 3.73. The van der Waals surface area contributed by atoms with E-state index in [9.17, 15) is 9.59 Å². The molecule has 1 N–H and O–H groups in total. The van der Waals surface area contributed by atoms with Crippen molar-refractivity contribution < 1.29 is 14.3 Å². The number of benzene rings is 2. The number of aryl methyl sites for hydroxylation is 3. The second-order valence-electron chi connectivity index (χ2n) is 5.98. The average Bonchev–Trinajstić information content (AvgIpc) is 2.61. The maximum atomic E-state index is 12.1. The fourth-order valence-corrected chi connectivity index (χ4v) is 2.61. The van der Waals surface area contributed by atoms with Gasteiger partial charge < -0.3 is 10.1 Å². The van der Waals surface area contributed by atoms with Crippen molar-refractivity contribution in [3.05, 3.63) is 70.3 Å². The van der Waals surface area contributed by atoms with Crippen molar-refractivity contribution in [1.29, 1.82) is 5.26 Å². The van der Waals surface area contributed by atoms with Crippen molar-refractivity contribution in [3.8, 4) is 6.07 Å². The highest BCUT2D eigenvalue weighted by Gasteiger charge is 2.14. The molecule has 0 atom stereocenters. The molecule has 1 amide bonds. The van der Waals surface area contributed by atoms with E-state index in [1.807, 2.05) is 39.0 Å². The normalized spacial score (nSPS) is 10.8. The van der Waals surface area contributed by atoms with Gasteiger partial charge in [-0.25, -0.2) is 4.79 Å². The lowest BCUT2D eigenvalue weighted by atomic mass is 10.1. The minimum atomic E-state index is -0.830. The SMILES string of the molecule is Cc1cc(C)c(NC(=O)COC(=O)/C(C#N)=C/c2ccccc2)c(C)c1. The molecule has 0 bridgehead atoms. The first kappa shape index (κ1) is 18.9. The standard InChI is InChI=1S/C21H20N2O3/c1-14-9-15(2)20(16(3)10-14)23-19(24)13-26-21(25)18(12-22)11-17-7-5-4-6-8-17/h4-11H,13H2,1-3H3,(H,23,24)/b18-11+. The molecular weight excluding hydrogens is 328 g/mol. The number of anilines is 1. The van der Waals surface area contributed by atoms with Gasteiger partial charge in [-0.1, -0.05) is 48.0 Å². The highest BCUT2D eigenvalue weighted by Crippen LogP contribution is 2.21. The molecule has 0 radical (unpaired) electrons. The molecule has 5 heteroatoms. The first-order valence-electron chi connectivity index (χ1n) is 8.12. The van der Waals surface area contributed by atoms with E-state index in [1.165, 1.54) is 6.08 Å². The molecule has 2 aromatic rings. The summed E-state index contributed by atoms with van der Waals surface area (Å²) in [7, 11) is 0. The Morgan fingerprint density at radius 3 is 2.31 bits per heavy atom. The van der Waals surface area contributed by atoms with E-state index in [2.05, 4.69) is 5.32 Å². The number of nitriles is 1. The van der Waals surface area contributed by atoms with Crippen molar-refractivity contribution in [3.63, 3.8) is 0 Å². The van der Waals surface area contributed by atoms with Crippen LogP contribution in [0.2, 0.25) is 0 Å². The maximum Gasteiger partial charge on any atom is 0.349 e. The molecule has 0 aromatic heterocycles. The zero-order valence-corrected chi connectivity index (χ0v) is 15.0. The molecule has 2 aromatic carbocycles. The smallest absolute Gasteiger partial charge is 0.349 e. The summed E-state index contributed by atoms with van der Waals surface area (Å²) in [4.78, 5) is 24.1. The second kappa shape index (κ2) is 8.63. The summed E-state index contributed by atoms with van der Waals surface area (Å²) in [6.45, 7) is 5.32. The predicted molar refractivity (Wildman–Crippen MR) is 100 cm³/mol. The number of amides is 1. The largest absolute Gasteiger partial charge is 0.451 e. The number of carbonyl (C=O) groups is 2. The van der Waals surface area contributed by atoms with Crippen LogP contribution in [-0.2, 0) is 14.3 Å². The number of nitrogens with zero attached hydrogens (tertiary/aromatic N) is 1. The Morgan fingerprint density at radius 2 is 1.73 bits per heavy atom. The van der Waals surface area contributed by atoms with E-state index >= 15 is 0 Å². The van der Waals surface area contributed by atoms with Crippen LogP contribution in [0.25, 0.3) is 6.08 Å². The fourth-order valence-electron chi connectivity index (χ4n) is 2.61. The molecule has 0 aliphatic rings. The number of carbonyl (C=O) groups excluding carboxylic acids is 2. The molecule has 2 rings (SSSR count). The zero-order chi connectivity index (χ0) is 19.1. The first-order valence-corrected chi connectivity index (χ1v) is 8.12. The third-order valence-electron chi connectivity index (χ3n) is 3.73. The molecule has 5 nitrogen and oxygen atoms in total. The maximum absolute atomic E-state index is 12.1. The summed E-state index contributed by atoms with van der Waals surface area (Å²) in [6.07, 6.45) is 1.43. The van der Waals surface area contributed by atoms with E-state index in [0.717, 1.165) is 16.7 Å². The van der Waals surface area contributed by atoms with Crippen molar-refractivity contribution in [2.75, 3.05) is 11.9 Å². The first-order chi connectivity index (χ1) is 12.4. The van der Waals surface area contributed by atoms with Crippen LogP contribution in [0.15, 0.2) is 48.0 Å². The summed E-state index contributed by atoms with van der Waals surface area (Å²) in [5.74, 6) is -1.28. The molecule has 0 heterocycles. The molecule has 26 heavy (non-hydrogen) atoms. The van der Waals surface area contributed by atoms with E-state index in [1.54, 1.807) is 30.3 Å². The van der Waals surface area contributed by atoms with Crippen LogP contribution >= 0.6 is 0 Å². The van der Waals surface area contributed by atoms with E-state index in [-0.39, 0.29) is 5.57 Å². The van der Waals surface area contributed by atoms with Gasteiger partial charge in [0.1, 0.15) is 11.6 Å². The van der Waals surface area contributed by atoms with Crippen molar-refractivity contribution in [2.45, 2.75) is 20.8 Å². The quantitative estimate of drug-likeness (QED) is 0.508. The van der Waals surface area contributed by atoms with Crippen molar-refractivity contribution >= 4 is 23.6 Å². The molecule has 0 aliphatic carbocycles. The van der Waals surface area contributed by atoms with E-state index in [4.69, 9.17) is 10.00 Å². The number of esters is 1.